The summed E-state index contributed by atoms with van der Waals surface area (Å²) >= 11 is 0. The molecule has 2 heterocycles. The van der Waals surface area contributed by atoms with Gasteiger partial charge in [0.05, 0.1) is 18.6 Å². The van der Waals surface area contributed by atoms with Crippen LogP contribution in [0.2, 0.25) is 0 Å². The predicted octanol–water partition coefficient (Wildman–Crippen LogP) is 0.572. The van der Waals surface area contributed by atoms with E-state index in [1.54, 1.807) is 6.07 Å². The monoisotopic (exact) mass is 402 g/mol. The number of fused-ring (bicyclic) bond motifs is 1. The maximum absolute atomic E-state index is 12.5. The second-order valence-corrected chi connectivity index (χ2v) is 7.12. The topological polar surface area (TPSA) is 126 Å². The molecule has 1 unspecified atom stereocenters. The van der Waals surface area contributed by atoms with Gasteiger partial charge in [0, 0.05) is 6.07 Å². The summed E-state index contributed by atoms with van der Waals surface area (Å²) in [6, 6.07) is 14.0. The average molecular weight is 402 g/mol. The van der Waals surface area contributed by atoms with Gasteiger partial charge in [0.25, 0.3) is 0 Å². The van der Waals surface area contributed by atoms with Gasteiger partial charge in [-0.3, -0.25) is 4.79 Å². The Labute approximate surface area is 166 Å². The number of hydrogen-bond acceptors (Lipinski definition) is 8. The number of aliphatic hydroxyl groups excluding tert-OH is 4. The van der Waals surface area contributed by atoms with Crippen molar-refractivity contribution in [2.24, 2.45) is 0 Å². The van der Waals surface area contributed by atoms with E-state index in [1.165, 1.54) is 12.1 Å². The van der Waals surface area contributed by atoms with Gasteiger partial charge in [0.15, 0.2) is 5.78 Å². The number of rotatable bonds is 4. The van der Waals surface area contributed by atoms with E-state index >= 15 is 0 Å². The van der Waals surface area contributed by atoms with Crippen molar-refractivity contribution in [3.8, 4) is 11.5 Å². The lowest BCUT2D eigenvalue weighted by atomic mass is 9.96. The van der Waals surface area contributed by atoms with Crippen LogP contribution >= 0.6 is 0 Å². The molecule has 0 aliphatic carbocycles. The van der Waals surface area contributed by atoms with Gasteiger partial charge in [-0.1, -0.05) is 30.3 Å². The van der Waals surface area contributed by atoms with Crippen LogP contribution in [0.3, 0.4) is 0 Å². The number of hydrogen-bond donors (Lipinski definition) is 4. The van der Waals surface area contributed by atoms with Crippen LogP contribution < -0.4 is 9.47 Å². The van der Waals surface area contributed by atoms with Crippen molar-refractivity contribution in [2.75, 3.05) is 6.61 Å². The zero-order valence-corrected chi connectivity index (χ0v) is 15.4. The van der Waals surface area contributed by atoms with Crippen molar-refractivity contribution in [3.63, 3.8) is 0 Å². The minimum atomic E-state index is -1.54. The fraction of sp³-hybridized carbons (Fsp3) is 0.381. The van der Waals surface area contributed by atoms with Crippen LogP contribution in [0.15, 0.2) is 48.5 Å². The molecule has 0 amide bonds. The lowest BCUT2D eigenvalue weighted by molar-refractivity contribution is -0.277. The van der Waals surface area contributed by atoms with E-state index in [0.29, 0.717) is 11.3 Å². The fourth-order valence-electron chi connectivity index (χ4n) is 3.53. The first-order valence-corrected chi connectivity index (χ1v) is 9.34. The largest absolute Gasteiger partial charge is 0.484 e. The van der Waals surface area contributed by atoms with E-state index in [4.69, 9.17) is 14.2 Å². The molecule has 8 heteroatoms. The molecule has 1 saturated heterocycles. The fourth-order valence-corrected chi connectivity index (χ4v) is 3.53. The van der Waals surface area contributed by atoms with Crippen LogP contribution in [-0.4, -0.2) is 63.5 Å². The summed E-state index contributed by atoms with van der Waals surface area (Å²) in [5.74, 6) is 0.534. The van der Waals surface area contributed by atoms with Gasteiger partial charge in [-0.25, -0.2) is 0 Å². The lowest BCUT2D eigenvalue weighted by Crippen LogP contribution is -2.60. The van der Waals surface area contributed by atoms with Crippen molar-refractivity contribution in [1.29, 1.82) is 0 Å². The van der Waals surface area contributed by atoms with E-state index in [9.17, 15) is 25.2 Å². The third-order valence-corrected chi connectivity index (χ3v) is 5.17. The number of aliphatic hydroxyl groups is 4. The summed E-state index contributed by atoms with van der Waals surface area (Å²) < 4.78 is 17.0. The standard InChI is InChI=1S/C21H22O8/c22-10-17-18(24)19(25)20(26)21(29-17)27-12-6-7-13-14(23)9-15(28-16(13)8-12)11-4-2-1-3-5-11/h1-8,15,17-22,24-26H,9-10H2/t15?,17-,18-,19+,20-,21-/m1/s1. The Kier molecular flexibility index (Phi) is 5.53. The lowest BCUT2D eigenvalue weighted by Gasteiger charge is -2.39. The van der Waals surface area contributed by atoms with Gasteiger partial charge < -0.3 is 34.6 Å². The Morgan fingerprint density at radius 1 is 1.00 bits per heavy atom. The van der Waals surface area contributed by atoms with Crippen LogP contribution in [0.4, 0.5) is 0 Å². The predicted molar refractivity (Wildman–Crippen MR) is 99.6 cm³/mol. The van der Waals surface area contributed by atoms with Gasteiger partial charge in [-0.05, 0) is 17.7 Å². The Morgan fingerprint density at radius 3 is 2.48 bits per heavy atom. The van der Waals surface area contributed by atoms with Crippen molar-refractivity contribution < 1.29 is 39.4 Å². The molecular formula is C21H22O8. The summed E-state index contributed by atoms with van der Waals surface area (Å²) in [5, 5.41) is 39.2. The first kappa shape index (κ1) is 19.8. The molecular weight excluding hydrogens is 380 g/mol. The number of benzene rings is 2. The normalized spacial score (nSPS) is 31.7. The summed E-state index contributed by atoms with van der Waals surface area (Å²) in [6.45, 7) is -0.550. The van der Waals surface area contributed by atoms with Gasteiger partial charge in [0.1, 0.15) is 42.0 Å². The second kappa shape index (κ2) is 8.10. The van der Waals surface area contributed by atoms with Gasteiger partial charge in [0.2, 0.25) is 6.29 Å². The van der Waals surface area contributed by atoms with Crippen LogP contribution in [0.1, 0.15) is 28.4 Å². The summed E-state index contributed by atoms with van der Waals surface area (Å²) in [5.41, 5.74) is 1.31. The molecule has 2 aromatic carbocycles. The minimum absolute atomic E-state index is 0.0560. The molecule has 1 fully saturated rings. The molecule has 6 atom stereocenters. The van der Waals surface area contributed by atoms with Crippen molar-refractivity contribution in [3.05, 3.63) is 59.7 Å². The third kappa shape index (κ3) is 3.85. The molecule has 0 bridgehead atoms. The van der Waals surface area contributed by atoms with E-state index < -0.39 is 43.4 Å². The zero-order valence-electron chi connectivity index (χ0n) is 15.4. The molecule has 4 N–H and O–H groups in total. The van der Waals surface area contributed by atoms with Crippen LogP contribution in [0.25, 0.3) is 0 Å². The van der Waals surface area contributed by atoms with E-state index in [0.717, 1.165) is 5.56 Å². The van der Waals surface area contributed by atoms with Gasteiger partial charge in [-0.15, -0.1) is 0 Å². The molecule has 0 aromatic heterocycles. The van der Waals surface area contributed by atoms with Crippen molar-refractivity contribution in [1.82, 2.24) is 0 Å². The molecule has 4 rings (SSSR count). The molecule has 29 heavy (non-hydrogen) atoms. The van der Waals surface area contributed by atoms with Gasteiger partial charge in [-0.2, -0.15) is 0 Å². The number of Topliss-reactive ketones (excluding diaryl/α,β-unsaturated/α-hetero) is 1. The molecule has 0 spiro atoms. The highest BCUT2D eigenvalue weighted by Gasteiger charge is 2.44. The number of ether oxygens (including phenoxy) is 3. The van der Waals surface area contributed by atoms with Crippen molar-refractivity contribution in [2.45, 2.75) is 43.2 Å². The van der Waals surface area contributed by atoms with E-state index in [-0.39, 0.29) is 18.0 Å². The Bertz CT molecular complexity index is 868. The Hall–Kier alpha value is -2.49. The molecule has 2 aliphatic heterocycles. The summed E-state index contributed by atoms with van der Waals surface area (Å²) in [7, 11) is 0. The quantitative estimate of drug-likeness (QED) is 0.585. The molecule has 8 nitrogen and oxygen atoms in total. The maximum atomic E-state index is 12.5. The summed E-state index contributed by atoms with van der Waals surface area (Å²) in [4.78, 5) is 12.5. The Morgan fingerprint density at radius 2 is 1.76 bits per heavy atom. The SMILES string of the molecule is O=C1CC(c2ccccc2)Oc2cc(O[C@@H]3O[C@H](CO)[C@@H](O)[C@H](O)[C@H]3O)ccc21. The molecule has 2 aromatic rings. The van der Waals surface area contributed by atoms with Crippen LogP contribution in [0, 0.1) is 0 Å². The number of ketones is 1. The first-order valence-electron chi connectivity index (χ1n) is 9.34. The highest BCUT2D eigenvalue weighted by molar-refractivity contribution is 6.00. The molecule has 0 saturated carbocycles. The smallest absolute Gasteiger partial charge is 0.229 e. The van der Waals surface area contributed by atoms with E-state index in [1.807, 2.05) is 30.3 Å². The Balaban J connectivity index is 1.54. The zero-order chi connectivity index (χ0) is 20.5. The molecule has 154 valence electrons. The number of carbonyl (C=O) groups excluding carboxylic acids is 1. The van der Waals surface area contributed by atoms with Crippen LogP contribution in [-0.2, 0) is 4.74 Å². The minimum Gasteiger partial charge on any atom is -0.484 e. The van der Waals surface area contributed by atoms with Gasteiger partial charge >= 0.3 is 0 Å². The highest BCUT2D eigenvalue weighted by atomic mass is 16.7. The molecule has 0 radical (unpaired) electrons. The highest BCUT2D eigenvalue weighted by Crippen LogP contribution is 2.37. The third-order valence-electron chi connectivity index (χ3n) is 5.17. The number of carbonyl (C=O) groups is 1. The maximum Gasteiger partial charge on any atom is 0.229 e. The molecule has 2 aliphatic rings. The first-order chi connectivity index (χ1) is 14.0. The second-order valence-electron chi connectivity index (χ2n) is 7.12. The average Bonchev–Trinajstić information content (AvgIpc) is 2.74. The summed E-state index contributed by atoms with van der Waals surface area (Å²) in [6.07, 6.45) is -7.11. The van der Waals surface area contributed by atoms with E-state index in [2.05, 4.69) is 0 Å². The van der Waals surface area contributed by atoms with Crippen LogP contribution in [0.5, 0.6) is 11.5 Å². The van der Waals surface area contributed by atoms with Crippen molar-refractivity contribution >= 4 is 5.78 Å².